The van der Waals surface area contributed by atoms with Crippen LogP contribution in [0.5, 0.6) is 0 Å². The summed E-state index contributed by atoms with van der Waals surface area (Å²) >= 11 is 0. The molecule has 0 saturated heterocycles. The fourth-order valence-corrected chi connectivity index (χ4v) is 2.65. The second kappa shape index (κ2) is 12.5. The summed E-state index contributed by atoms with van der Waals surface area (Å²) in [5.41, 5.74) is 0.939. The van der Waals surface area contributed by atoms with Crippen LogP contribution in [-0.4, -0.2) is 18.9 Å². The summed E-state index contributed by atoms with van der Waals surface area (Å²) < 4.78 is 4.61. The van der Waals surface area contributed by atoms with Crippen molar-refractivity contribution < 1.29 is 14.3 Å². The van der Waals surface area contributed by atoms with Crippen molar-refractivity contribution in [3.05, 3.63) is 48.1 Å². The van der Waals surface area contributed by atoms with E-state index in [9.17, 15) is 9.59 Å². The van der Waals surface area contributed by atoms with Crippen molar-refractivity contribution in [2.24, 2.45) is 5.92 Å². The Labute approximate surface area is 146 Å². The molecule has 0 heterocycles. The average Bonchev–Trinajstić information content (AvgIpc) is 2.94. The number of ketones is 1. The lowest BCUT2D eigenvalue weighted by Crippen LogP contribution is -2.02. The highest BCUT2D eigenvalue weighted by Crippen LogP contribution is 2.26. The number of esters is 1. The molecule has 0 amide bonds. The lowest BCUT2D eigenvalue weighted by Gasteiger charge is -2.07. The van der Waals surface area contributed by atoms with Gasteiger partial charge in [0.15, 0.2) is 5.78 Å². The van der Waals surface area contributed by atoms with Gasteiger partial charge in [-0.2, -0.15) is 0 Å². The van der Waals surface area contributed by atoms with Gasteiger partial charge in [-0.25, -0.2) is 0 Å². The number of carbonyl (C=O) groups excluding carboxylic acids is 2. The van der Waals surface area contributed by atoms with Crippen molar-refractivity contribution in [2.75, 3.05) is 7.11 Å². The Morgan fingerprint density at radius 1 is 1.12 bits per heavy atom. The summed E-state index contributed by atoms with van der Waals surface area (Å²) in [6.07, 6.45) is 21.6. The smallest absolute Gasteiger partial charge is 0.305 e. The van der Waals surface area contributed by atoms with Crippen molar-refractivity contribution in [2.45, 2.75) is 58.3 Å². The van der Waals surface area contributed by atoms with Gasteiger partial charge >= 0.3 is 5.97 Å². The quantitative estimate of drug-likeness (QED) is 0.229. The first-order valence-corrected chi connectivity index (χ1v) is 8.98. The van der Waals surface area contributed by atoms with Crippen molar-refractivity contribution in [3.8, 4) is 0 Å². The normalized spacial score (nSPS) is 19.2. The lowest BCUT2D eigenvalue weighted by molar-refractivity contribution is -0.140. The lowest BCUT2D eigenvalue weighted by atomic mass is 9.96. The highest BCUT2D eigenvalue weighted by atomic mass is 16.5. The van der Waals surface area contributed by atoms with Gasteiger partial charge in [-0.15, -0.1) is 0 Å². The van der Waals surface area contributed by atoms with Gasteiger partial charge in [-0.05, 0) is 51.0 Å². The van der Waals surface area contributed by atoms with Gasteiger partial charge in [-0.3, -0.25) is 9.59 Å². The Kier molecular flexibility index (Phi) is 10.5. The zero-order chi connectivity index (χ0) is 17.6. The highest BCUT2D eigenvalue weighted by Gasteiger charge is 2.21. The van der Waals surface area contributed by atoms with E-state index in [1.807, 2.05) is 6.08 Å². The number of ether oxygens (including phenoxy) is 1. The van der Waals surface area contributed by atoms with E-state index in [1.165, 1.54) is 7.11 Å². The minimum absolute atomic E-state index is 0.156. The summed E-state index contributed by atoms with van der Waals surface area (Å²) in [6, 6.07) is 0. The maximum absolute atomic E-state index is 11.9. The molecule has 0 aromatic heterocycles. The zero-order valence-corrected chi connectivity index (χ0v) is 15.0. The molecule has 0 fully saturated rings. The number of hydrogen-bond acceptors (Lipinski definition) is 3. The SMILES string of the molecule is CCC=CCCCC=C1C(=O)C=CC1CC=CCCCC(=O)OC. The van der Waals surface area contributed by atoms with E-state index in [0.717, 1.165) is 50.5 Å². The second-order valence-electron chi connectivity index (χ2n) is 5.98. The molecule has 0 N–H and O–H groups in total. The molecule has 0 saturated carbocycles. The third kappa shape index (κ3) is 8.09. The first kappa shape index (κ1) is 20.1. The van der Waals surface area contributed by atoms with Crippen molar-refractivity contribution in [3.63, 3.8) is 0 Å². The molecule has 132 valence electrons. The molecule has 0 radical (unpaired) electrons. The summed E-state index contributed by atoms with van der Waals surface area (Å²) in [4.78, 5) is 23.0. The molecule has 0 spiro atoms. The molecule has 1 aliphatic carbocycles. The predicted molar refractivity (Wildman–Crippen MR) is 98.6 cm³/mol. The van der Waals surface area contributed by atoms with Crippen molar-refractivity contribution in [1.82, 2.24) is 0 Å². The Morgan fingerprint density at radius 2 is 1.88 bits per heavy atom. The van der Waals surface area contributed by atoms with Crippen LogP contribution in [0.1, 0.15) is 58.3 Å². The van der Waals surface area contributed by atoms with Gasteiger partial charge in [0.05, 0.1) is 7.11 Å². The third-order valence-electron chi connectivity index (χ3n) is 4.04. The number of rotatable bonds is 11. The van der Waals surface area contributed by atoms with E-state index in [1.54, 1.807) is 6.08 Å². The minimum Gasteiger partial charge on any atom is -0.469 e. The molecule has 0 aromatic rings. The molecule has 1 rings (SSSR count). The van der Waals surface area contributed by atoms with Crippen LogP contribution in [0, 0.1) is 5.92 Å². The molecule has 1 aliphatic rings. The van der Waals surface area contributed by atoms with Crippen LogP contribution in [0.25, 0.3) is 0 Å². The molecule has 24 heavy (non-hydrogen) atoms. The molecular formula is C21H30O3. The number of carbonyl (C=O) groups is 2. The van der Waals surface area contributed by atoms with Gasteiger partial charge in [0.25, 0.3) is 0 Å². The molecule has 3 nitrogen and oxygen atoms in total. The Morgan fingerprint density at radius 3 is 2.62 bits per heavy atom. The van der Waals surface area contributed by atoms with Crippen LogP contribution in [-0.2, 0) is 14.3 Å². The van der Waals surface area contributed by atoms with Crippen LogP contribution in [0.15, 0.2) is 48.1 Å². The standard InChI is InChI=1S/C21H30O3/c1-3-4-5-6-7-11-14-19-18(16-17-20(19)22)13-10-8-9-12-15-21(23)24-2/h4-5,8,10,14,16-18H,3,6-7,9,11-13,15H2,1-2H3. The van der Waals surface area contributed by atoms with Crippen LogP contribution >= 0.6 is 0 Å². The molecule has 3 heteroatoms. The summed E-state index contributed by atoms with van der Waals surface area (Å²) in [6.45, 7) is 2.13. The fourth-order valence-electron chi connectivity index (χ4n) is 2.65. The maximum atomic E-state index is 11.9. The van der Waals surface area contributed by atoms with Gasteiger partial charge in [0, 0.05) is 17.9 Å². The Hall–Kier alpha value is -1.90. The first-order valence-electron chi connectivity index (χ1n) is 8.98. The molecule has 1 atom stereocenters. The largest absolute Gasteiger partial charge is 0.469 e. The van der Waals surface area contributed by atoms with Gasteiger partial charge < -0.3 is 4.74 Å². The van der Waals surface area contributed by atoms with Gasteiger partial charge in [0.2, 0.25) is 0 Å². The van der Waals surface area contributed by atoms with E-state index in [4.69, 9.17) is 0 Å². The van der Waals surface area contributed by atoms with E-state index >= 15 is 0 Å². The molecule has 1 unspecified atom stereocenters. The number of hydrogen-bond donors (Lipinski definition) is 0. The van der Waals surface area contributed by atoms with Crippen LogP contribution in [0.4, 0.5) is 0 Å². The van der Waals surface area contributed by atoms with Gasteiger partial charge in [0.1, 0.15) is 0 Å². The number of unbranched alkanes of at least 4 members (excludes halogenated alkanes) is 3. The molecule has 0 bridgehead atoms. The zero-order valence-electron chi connectivity index (χ0n) is 15.0. The van der Waals surface area contributed by atoms with Crippen molar-refractivity contribution >= 4 is 11.8 Å². The Balaban J connectivity index is 2.32. The monoisotopic (exact) mass is 330 g/mol. The van der Waals surface area contributed by atoms with E-state index < -0.39 is 0 Å². The highest BCUT2D eigenvalue weighted by molar-refractivity contribution is 6.07. The maximum Gasteiger partial charge on any atom is 0.305 e. The number of methoxy groups -OCH3 is 1. The van der Waals surface area contributed by atoms with Crippen molar-refractivity contribution in [1.29, 1.82) is 0 Å². The summed E-state index contributed by atoms with van der Waals surface area (Å²) in [5.74, 6) is 0.204. The summed E-state index contributed by atoms with van der Waals surface area (Å²) in [7, 11) is 1.41. The molecule has 0 aliphatic heterocycles. The second-order valence-corrected chi connectivity index (χ2v) is 5.98. The average molecular weight is 330 g/mol. The third-order valence-corrected chi connectivity index (χ3v) is 4.04. The first-order chi connectivity index (χ1) is 11.7. The summed E-state index contributed by atoms with van der Waals surface area (Å²) in [5, 5.41) is 0. The minimum atomic E-state index is -0.160. The fraction of sp³-hybridized carbons (Fsp3) is 0.524. The molecule has 0 aromatic carbocycles. The van der Waals surface area contributed by atoms with E-state index in [2.05, 4.69) is 42.0 Å². The predicted octanol–water partition coefficient (Wildman–Crippen LogP) is 5.09. The van der Waals surface area contributed by atoms with Crippen LogP contribution in [0.2, 0.25) is 0 Å². The number of allylic oxidation sites excluding steroid dienone is 8. The topological polar surface area (TPSA) is 43.4 Å². The van der Waals surface area contributed by atoms with Crippen LogP contribution < -0.4 is 0 Å². The van der Waals surface area contributed by atoms with E-state index in [0.29, 0.717) is 6.42 Å². The van der Waals surface area contributed by atoms with Crippen LogP contribution in [0.3, 0.4) is 0 Å². The Bertz CT molecular complexity index is 509. The van der Waals surface area contributed by atoms with Gasteiger partial charge in [-0.1, -0.05) is 43.4 Å². The van der Waals surface area contributed by atoms with E-state index in [-0.39, 0.29) is 17.7 Å². The molecular weight excluding hydrogens is 300 g/mol.